The third-order valence-corrected chi connectivity index (χ3v) is 4.83. The Bertz CT molecular complexity index is 864. The van der Waals surface area contributed by atoms with Gasteiger partial charge >= 0.3 is 24.1 Å². The van der Waals surface area contributed by atoms with Crippen molar-refractivity contribution >= 4 is 23.7 Å². The molecule has 1 aromatic carbocycles. The molecule has 1 N–H and O–H groups in total. The lowest BCUT2D eigenvalue weighted by molar-refractivity contribution is -0.277. The Labute approximate surface area is 168 Å². The molecule has 1 saturated heterocycles. The molecule has 1 aliphatic rings. The number of esters is 2. The molecule has 0 amide bonds. The number of halogens is 3. The molecule has 0 spiro atoms. The molecule has 0 aliphatic carbocycles. The minimum Gasteiger partial charge on any atom is -0.481 e. The van der Waals surface area contributed by atoms with Crippen LogP contribution in [0.3, 0.4) is 0 Å². The second-order valence-corrected chi connectivity index (χ2v) is 7.23. The average Bonchev–Trinajstić information content (AvgIpc) is 2.81. The number of methoxy groups -OCH3 is 1. The fourth-order valence-electron chi connectivity index (χ4n) is 3.19. The Kier molecular flexibility index (Phi) is 5.99. The fourth-order valence-corrected chi connectivity index (χ4v) is 3.19. The van der Waals surface area contributed by atoms with Crippen LogP contribution in [0.4, 0.5) is 13.2 Å². The number of alkyl halides is 3. The highest BCUT2D eigenvalue weighted by Crippen LogP contribution is 2.44. The largest absolute Gasteiger partial charge is 0.481 e. The number of rotatable bonds is 7. The zero-order valence-corrected chi connectivity index (χ0v) is 16.2. The van der Waals surface area contributed by atoms with Gasteiger partial charge in [0.1, 0.15) is 12.0 Å². The summed E-state index contributed by atoms with van der Waals surface area (Å²) >= 11 is 0. The van der Waals surface area contributed by atoms with Gasteiger partial charge in [0.2, 0.25) is 5.60 Å². The minimum absolute atomic E-state index is 0.590. The summed E-state index contributed by atoms with van der Waals surface area (Å²) in [6, 6.07) is 5.91. The average molecular weight is 432 g/mol. The molecule has 1 fully saturated rings. The van der Waals surface area contributed by atoms with E-state index < -0.39 is 65.1 Å². The van der Waals surface area contributed by atoms with Crippen LogP contribution in [0.1, 0.15) is 25.8 Å². The summed E-state index contributed by atoms with van der Waals surface area (Å²) in [6.07, 6.45) is -6.36. The Balaban J connectivity index is 2.43. The summed E-state index contributed by atoms with van der Waals surface area (Å²) in [5.74, 6) is -5.63. The first-order chi connectivity index (χ1) is 13.7. The molecular formula is C19H19F3O8. The lowest BCUT2D eigenvalue weighted by atomic mass is 9.81. The topological polar surface area (TPSA) is 116 Å². The number of carbonyl (C=O) groups is 4. The molecule has 1 aliphatic heterocycles. The number of carbonyl (C=O) groups excluding carboxylic acids is 3. The Morgan fingerprint density at radius 3 is 2.10 bits per heavy atom. The van der Waals surface area contributed by atoms with E-state index in [0.29, 0.717) is 7.11 Å². The normalized spacial score (nSPS) is 22.9. The number of benzene rings is 1. The first-order valence-corrected chi connectivity index (χ1v) is 8.59. The molecule has 0 saturated carbocycles. The predicted molar refractivity (Wildman–Crippen MR) is 92.0 cm³/mol. The van der Waals surface area contributed by atoms with Crippen molar-refractivity contribution in [1.82, 2.24) is 0 Å². The van der Waals surface area contributed by atoms with Gasteiger partial charge in [0.25, 0.3) is 5.60 Å². The van der Waals surface area contributed by atoms with Gasteiger partial charge < -0.3 is 19.3 Å². The lowest BCUT2D eigenvalue weighted by Gasteiger charge is -2.33. The molecule has 0 unspecified atom stereocenters. The second-order valence-electron chi connectivity index (χ2n) is 7.23. The summed E-state index contributed by atoms with van der Waals surface area (Å²) in [5, 5.41) is 9.10. The molecule has 11 heteroatoms. The van der Waals surface area contributed by atoms with E-state index in [2.05, 4.69) is 4.74 Å². The zero-order valence-electron chi connectivity index (χ0n) is 16.2. The molecule has 164 valence electrons. The number of hydrogen-bond donors (Lipinski definition) is 1. The molecular weight excluding hydrogens is 413 g/mol. The molecule has 0 bridgehead atoms. The van der Waals surface area contributed by atoms with Crippen molar-refractivity contribution in [3.8, 4) is 0 Å². The van der Waals surface area contributed by atoms with E-state index in [9.17, 15) is 32.3 Å². The van der Waals surface area contributed by atoms with E-state index in [0.717, 1.165) is 12.1 Å². The lowest BCUT2D eigenvalue weighted by Crippen LogP contribution is -2.54. The van der Waals surface area contributed by atoms with Gasteiger partial charge in [0.15, 0.2) is 5.78 Å². The van der Waals surface area contributed by atoms with Crippen LogP contribution in [0.25, 0.3) is 0 Å². The third kappa shape index (κ3) is 3.64. The fraction of sp³-hybridized carbons (Fsp3) is 0.474. The van der Waals surface area contributed by atoms with Crippen LogP contribution in [0.5, 0.6) is 0 Å². The number of carboxylic acid groups (broad SMARTS) is 1. The van der Waals surface area contributed by atoms with Crippen LogP contribution in [-0.2, 0) is 39.0 Å². The molecule has 2 rings (SSSR count). The molecule has 1 heterocycles. The highest BCUT2D eigenvalue weighted by atomic mass is 19.4. The van der Waals surface area contributed by atoms with Crippen molar-refractivity contribution in [2.75, 3.05) is 13.7 Å². The number of carboxylic acids is 1. The van der Waals surface area contributed by atoms with E-state index in [1.165, 1.54) is 32.0 Å². The molecule has 1 aromatic rings. The van der Waals surface area contributed by atoms with Crippen LogP contribution in [0, 0.1) is 5.41 Å². The van der Waals surface area contributed by atoms with E-state index in [4.69, 9.17) is 14.6 Å². The van der Waals surface area contributed by atoms with Gasteiger partial charge in [-0.25, -0.2) is 4.79 Å². The molecule has 8 nitrogen and oxygen atoms in total. The number of cyclic esters (lactones) is 1. The van der Waals surface area contributed by atoms with Gasteiger partial charge in [0, 0.05) is 12.7 Å². The van der Waals surface area contributed by atoms with Crippen LogP contribution in [-0.4, -0.2) is 54.3 Å². The maximum atomic E-state index is 13.9. The molecule has 30 heavy (non-hydrogen) atoms. The number of Topliss-reactive ketones (excluding diaryl/α,β-unsaturated/α-hetero) is 1. The van der Waals surface area contributed by atoms with Crippen molar-refractivity contribution < 1.29 is 51.7 Å². The Morgan fingerprint density at radius 2 is 1.70 bits per heavy atom. The van der Waals surface area contributed by atoms with E-state index in [1.807, 2.05) is 0 Å². The monoisotopic (exact) mass is 432 g/mol. The molecule has 2 atom stereocenters. The van der Waals surface area contributed by atoms with Gasteiger partial charge in [-0.3, -0.25) is 14.4 Å². The number of aliphatic carboxylic acids is 1. The maximum absolute atomic E-state index is 13.9. The van der Waals surface area contributed by atoms with Gasteiger partial charge in [-0.15, -0.1) is 0 Å². The Hall–Kier alpha value is -2.95. The zero-order chi connectivity index (χ0) is 23.0. The summed E-state index contributed by atoms with van der Waals surface area (Å²) in [4.78, 5) is 48.5. The van der Waals surface area contributed by atoms with Crippen LogP contribution in [0.2, 0.25) is 0 Å². The van der Waals surface area contributed by atoms with E-state index in [1.54, 1.807) is 0 Å². The Morgan fingerprint density at radius 1 is 1.13 bits per heavy atom. The molecule has 0 radical (unpaired) electrons. The highest BCUT2D eigenvalue weighted by molar-refractivity contribution is 6.13. The number of hydrogen-bond acceptors (Lipinski definition) is 7. The summed E-state index contributed by atoms with van der Waals surface area (Å²) in [5.41, 5.74) is -8.35. The van der Waals surface area contributed by atoms with Crippen LogP contribution in [0.15, 0.2) is 30.3 Å². The number of ketones is 1. The predicted octanol–water partition coefficient (Wildman–Crippen LogP) is 2.00. The van der Waals surface area contributed by atoms with Gasteiger partial charge in [-0.05, 0) is 13.8 Å². The van der Waals surface area contributed by atoms with Crippen molar-refractivity contribution in [3.63, 3.8) is 0 Å². The van der Waals surface area contributed by atoms with E-state index >= 15 is 0 Å². The third-order valence-electron chi connectivity index (χ3n) is 4.83. The second kappa shape index (κ2) is 7.71. The summed E-state index contributed by atoms with van der Waals surface area (Å²) < 4.78 is 55.9. The van der Waals surface area contributed by atoms with Crippen molar-refractivity contribution in [3.05, 3.63) is 35.9 Å². The first-order valence-electron chi connectivity index (χ1n) is 8.59. The SMILES string of the molecule is CO[C@](C(=O)OC[C@@]1(CC(=O)O)OC(=O)C(C)(C)C1=O)(c1ccccc1)C(F)(F)F. The standard InChI is InChI=1S/C19H19F3O8/c1-16(2)13(25)17(9-12(23)24,30-14(16)26)10-29-15(27)18(28-3,19(20,21)22)11-7-5-4-6-8-11/h4-8H,9-10H2,1-3H3,(H,23,24)/t17-,18+/m1/s1. The minimum atomic E-state index is -5.27. The van der Waals surface area contributed by atoms with Gasteiger partial charge in [-0.1, -0.05) is 30.3 Å². The highest BCUT2D eigenvalue weighted by Gasteiger charge is 2.66. The van der Waals surface area contributed by atoms with Crippen molar-refractivity contribution in [2.45, 2.75) is 37.6 Å². The van der Waals surface area contributed by atoms with Gasteiger partial charge in [0.05, 0.1) is 6.42 Å². The number of ether oxygens (including phenoxy) is 3. The first kappa shape index (κ1) is 23.3. The quantitative estimate of drug-likeness (QED) is 0.514. The summed E-state index contributed by atoms with van der Waals surface area (Å²) in [6.45, 7) is 1.12. The van der Waals surface area contributed by atoms with Crippen LogP contribution >= 0.6 is 0 Å². The smallest absolute Gasteiger partial charge is 0.432 e. The van der Waals surface area contributed by atoms with Crippen LogP contribution < -0.4 is 0 Å². The van der Waals surface area contributed by atoms with Crippen molar-refractivity contribution in [1.29, 1.82) is 0 Å². The maximum Gasteiger partial charge on any atom is 0.432 e. The van der Waals surface area contributed by atoms with Crippen molar-refractivity contribution in [2.24, 2.45) is 5.41 Å². The summed E-state index contributed by atoms with van der Waals surface area (Å²) in [7, 11) is 0.651. The molecule has 0 aromatic heterocycles. The van der Waals surface area contributed by atoms with E-state index in [-0.39, 0.29) is 0 Å². The van der Waals surface area contributed by atoms with Gasteiger partial charge in [-0.2, -0.15) is 13.2 Å².